The van der Waals surface area contributed by atoms with Crippen LogP contribution in [0.4, 0.5) is 5.69 Å². The van der Waals surface area contributed by atoms with Crippen LogP contribution in [0.5, 0.6) is 0 Å². The zero-order valence-electron chi connectivity index (χ0n) is 11.5. The summed E-state index contributed by atoms with van der Waals surface area (Å²) < 4.78 is 0. The Labute approximate surface area is 129 Å². The van der Waals surface area contributed by atoms with Gasteiger partial charge in [-0.3, -0.25) is 9.59 Å². The van der Waals surface area contributed by atoms with Crippen molar-refractivity contribution in [2.75, 3.05) is 5.32 Å². The zero-order valence-corrected chi connectivity index (χ0v) is 13.1. The van der Waals surface area contributed by atoms with Crippen LogP contribution in [-0.2, 0) is 9.59 Å². The Bertz CT molecular complexity index is 475. The summed E-state index contributed by atoms with van der Waals surface area (Å²) in [6.07, 6.45) is 4.04. The number of amides is 1. The van der Waals surface area contributed by atoms with Crippen molar-refractivity contribution in [2.45, 2.75) is 45.4 Å². The van der Waals surface area contributed by atoms with Crippen molar-refractivity contribution in [3.8, 4) is 0 Å². The minimum atomic E-state index is -0.224. The van der Waals surface area contributed by atoms with Crippen molar-refractivity contribution >= 4 is 40.6 Å². The van der Waals surface area contributed by atoms with Crippen LogP contribution in [0, 0.1) is 0 Å². The fraction of sp³-hybridized carbons (Fsp3) is 0.467. The van der Waals surface area contributed by atoms with E-state index in [-0.39, 0.29) is 24.5 Å². The van der Waals surface area contributed by atoms with Gasteiger partial charge in [0.15, 0.2) is 0 Å². The molecule has 1 N–H and O–H groups in total. The second kappa shape index (κ2) is 8.98. The van der Waals surface area contributed by atoms with E-state index in [1.54, 1.807) is 18.2 Å². The lowest BCUT2D eigenvalue weighted by Gasteiger charge is -2.07. The van der Waals surface area contributed by atoms with Crippen LogP contribution in [0.3, 0.4) is 0 Å². The van der Waals surface area contributed by atoms with Crippen LogP contribution in [-0.4, -0.2) is 11.7 Å². The van der Waals surface area contributed by atoms with Crippen molar-refractivity contribution in [1.29, 1.82) is 0 Å². The maximum atomic E-state index is 11.7. The molecule has 3 nitrogen and oxygen atoms in total. The molecule has 1 aromatic carbocycles. The molecule has 0 aliphatic heterocycles. The van der Waals surface area contributed by atoms with Crippen LogP contribution < -0.4 is 5.32 Å². The molecule has 1 rings (SSSR count). The van der Waals surface area contributed by atoms with Gasteiger partial charge in [-0.25, -0.2) is 0 Å². The predicted molar refractivity (Wildman–Crippen MR) is 83.5 cm³/mol. The monoisotopic (exact) mass is 315 g/mol. The summed E-state index contributed by atoms with van der Waals surface area (Å²) in [6.45, 7) is 2.09. The SMILES string of the molecule is CCCCCC(=O)CCC(=O)Nc1cc(Cl)ccc1Cl. The van der Waals surface area contributed by atoms with Gasteiger partial charge in [-0.2, -0.15) is 0 Å². The molecule has 110 valence electrons. The van der Waals surface area contributed by atoms with E-state index in [0.717, 1.165) is 19.3 Å². The molecule has 0 spiro atoms. The summed E-state index contributed by atoms with van der Waals surface area (Å²) in [7, 11) is 0. The van der Waals surface area contributed by atoms with Gasteiger partial charge in [-0.1, -0.05) is 43.0 Å². The molecular formula is C15H19Cl2NO2. The van der Waals surface area contributed by atoms with E-state index in [9.17, 15) is 9.59 Å². The second-order valence-electron chi connectivity index (χ2n) is 4.67. The zero-order chi connectivity index (χ0) is 15.0. The van der Waals surface area contributed by atoms with Crippen molar-refractivity contribution in [1.82, 2.24) is 0 Å². The molecule has 0 heterocycles. The van der Waals surface area contributed by atoms with E-state index in [4.69, 9.17) is 23.2 Å². The third kappa shape index (κ3) is 6.40. The largest absolute Gasteiger partial charge is 0.325 e. The molecule has 0 saturated heterocycles. The molecular weight excluding hydrogens is 297 g/mol. The maximum absolute atomic E-state index is 11.7. The first-order valence-electron chi connectivity index (χ1n) is 6.79. The lowest BCUT2D eigenvalue weighted by Crippen LogP contribution is -2.13. The van der Waals surface area contributed by atoms with Crippen LogP contribution in [0.2, 0.25) is 10.0 Å². The average Bonchev–Trinajstić information content (AvgIpc) is 2.41. The third-order valence-electron chi connectivity index (χ3n) is 2.89. The minimum Gasteiger partial charge on any atom is -0.325 e. The van der Waals surface area contributed by atoms with Gasteiger partial charge in [-0.05, 0) is 24.6 Å². The van der Waals surface area contributed by atoms with Crippen LogP contribution in [0.25, 0.3) is 0 Å². The highest BCUT2D eigenvalue weighted by Gasteiger charge is 2.09. The maximum Gasteiger partial charge on any atom is 0.224 e. The van der Waals surface area contributed by atoms with Gasteiger partial charge in [0.1, 0.15) is 5.78 Å². The Kier molecular flexibility index (Phi) is 7.63. The fourth-order valence-corrected chi connectivity index (χ4v) is 2.09. The number of carbonyl (C=O) groups excluding carboxylic acids is 2. The summed E-state index contributed by atoms with van der Waals surface area (Å²) in [4.78, 5) is 23.3. The van der Waals surface area contributed by atoms with Gasteiger partial charge < -0.3 is 5.32 Å². The summed E-state index contributed by atoms with van der Waals surface area (Å²) in [5, 5.41) is 3.59. The number of nitrogens with one attached hydrogen (secondary N) is 1. The molecule has 0 unspecified atom stereocenters. The molecule has 1 aromatic rings. The topological polar surface area (TPSA) is 46.2 Å². The highest BCUT2D eigenvalue weighted by Crippen LogP contribution is 2.25. The van der Waals surface area contributed by atoms with E-state index >= 15 is 0 Å². The van der Waals surface area contributed by atoms with E-state index < -0.39 is 0 Å². The first-order valence-corrected chi connectivity index (χ1v) is 7.55. The van der Waals surface area contributed by atoms with Gasteiger partial charge in [0.25, 0.3) is 0 Å². The number of Topliss-reactive ketones (excluding diaryl/α,β-unsaturated/α-hetero) is 1. The predicted octanol–water partition coefficient (Wildman–Crippen LogP) is 4.86. The van der Waals surface area contributed by atoms with Crippen molar-refractivity contribution < 1.29 is 9.59 Å². The van der Waals surface area contributed by atoms with E-state index in [1.807, 2.05) is 0 Å². The number of hydrogen-bond donors (Lipinski definition) is 1. The third-order valence-corrected chi connectivity index (χ3v) is 3.46. The van der Waals surface area contributed by atoms with Gasteiger partial charge >= 0.3 is 0 Å². The average molecular weight is 316 g/mol. The quantitative estimate of drug-likeness (QED) is 0.696. The molecule has 0 aliphatic rings. The highest BCUT2D eigenvalue weighted by atomic mass is 35.5. The van der Waals surface area contributed by atoms with E-state index in [1.165, 1.54) is 0 Å². The number of carbonyl (C=O) groups is 2. The molecule has 0 atom stereocenters. The number of anilines is 1. The Morgan fingerprint density at radius 1 is 1.10 bits per heavy atom. The van der Waals surface area contributed by atoms with Gasteiger partial charge in [0, 0.05) is 24.3 Å². The molecule has 0 aromatic heterocycles. The smallest absolute Gasteiger partial charge is 0.224 e. The van der Waals surface area contributed by atoms with Crippen LogP contribution in [0.15, 0.2) is 18.2 Å². The normalized spacial score (nSPS) is 10.3. The fourth-order valence-electron chi connectivity index (χ4n) is 1.76. The van der Waals surface area contributed by atoms with Gasteiger partial charge in [-0.15, -0.1) is 0 Å². The Hall–Kier alpha value is -1.06. The molecule has 0 bridgehead atoms. The first kappa shape index (κ1) is 17.0. The highest BCUT2D eigenvalue weighted by molar-refractivity contribution is 6.35. The van der Waals surface area contributed by atoms with E-state index in [0.29, 0.717) is 22.2 Å². The number of hydrogen-bond acceptors (Lipinski definition) is 2. The molecule has 1 amide bonds. The molecule has 0 radical (unpaired) electrons. The molecule has 0 fully saturated rings. The molecule has 20 heavy (non-hydrogen) atoms. The number of halogens is 2. The summed E-state index contributed by atoms with van der Waals surface area (Å²) in [6, 6.07) is 4.86. The molecule has 0 aliphatic carbocycles. The lowest BCUT2D eigenvalue weighted by atomic mass is 10.1. The Balaban J connectivity index is 2.36. The Morgan fingerprint density at radius 3 is 2.55 bits per heavy atom. The van der Waals surface area contributed by atoms with Crippen molar-refractivity contribution in [3.63, 3.8) is 0 Å². The van der Waals surface area contributed by atoms with Crippen LogP contribution in [0.1, 0.15) is 45.4 Å². The lowest BCUT2D eigenvalue weighted by molar-refractivity contribution is -0.123. The molecule has 5 heteroatoms. The first-order chi connectivity index (χ1) is 9.52. The number of ketones is 1. The second-order valence-corrected chi connectivity index (χ2v) is 5.51. The standard InChI is InChI=1S/C15H19Cl2NO2/c1-2-3-4-5-12(19)7-9-15(20)18-14-10-11(16)6-8-13(14)17/h6,8,10H,2-5,7,9H2,1H3,(H,18,20). The van der Waals surface area contributed by atoms with Gasteiger partial charge in [0.2, 0.25) is 5.91 Å². The van der Waals surface area contributed by atoms with E-state index in [2.05, 4.69) is 12.2 Å². The minimum absolute atomic E-state index is 0.130. The van der Waals surface area contributed by atoms with Crippen molar-refractivity contribution in [2.24, 2.45) is 0 Å². The summed E-state index contributed by atoms with van der Waals surface area (Å²) >= 11 is 11.8. The summed E-state index contributed by atoms with van der Waals surface area (Å²) in [5.41, 5.74) is 0.475. The number of unbranched alkanes of at least 4 members (excludes halogenated alkanes) is 2. The number of benzene rings is 1. The summed E-state index contributed by atoms with van der Waals surface area (Å²) in [5.74, 6) is -0.0937. The number of rotatable bonds is 8. The molecule has 0 saturated carbocycles. The van der Waals surface area contributed by atoms with Crippen molar-refractivity contribution in [3.05, 3.63) is 28.2 Å². The van der Waals surface area contributed by atoms with Crippen LogP contribution >= 0.6 is 23.2 Å². The Morgan fingerprint density at radius 2 is 1.85 bits per heavy atom. The van der Waals surface area contributed by atoms with Gasteiger partial charge in [0.05, 0.1) is 10.7 Å².